The molecule has 0 spiro atoms. The molecule has 1 aromatic rings. The fourth-order valence-corrected chi connectivity index (χ4v) is 2.12. The molecule has 0 heterocycles. The minimum Gasteiger partial charge on any atom is -0.483 e. The first-order valence-electron chi connectivity index (χ1n) is 4.62. The topological polar surface area (TPSA) is 67.4 Å². The van der Waals surface area contributed by atoms with E-state index in [0.717, 1.165) is 8.95 Å². The van der Waals surface area contributed by atoms with E-state index in [4.69, 9.17) is 4.74 Å². The summed E-state index contributed by atoms with van der Waals surface area (Å²) in [7, 11) is 1.43. The largest absolute Gasteiger partial charge is 0.483 e. The van der Waals surface area contributed by atoms with Gasteiger partial charge in [-0.15, -0.1) is 0 Å². The van der Waals surface area contributed by atoms with E-state index in [1.54, 1.807) is 18.2 Å². The zero-order valence-electron chi connectivity index (χ0n) is 8.92. The molecule has 0 aliphatic rings. The van der Waals surface area contributed by atoms with Crippen LogP contribution in [0.15, 0.2) is 27.1 Å². The molecule has 2 N–H and O–H groups in total. The Labute approximate surface area is 115 Å². The quantitative estimate of drug-likeness (QED) is 0.861. The van der Waals surface area contributed by atoms with E-state index in [2.05, 4.69) is 42.5 Å². The van der Waals surface area contributed by atoms with Crippen LogP contribution in [-0.2, 0) is 4.79 Å². The molecule has 0 fully saturated rings. The second kappa shape index (κ2) is 6.61. The number of rotatable bonds is 3. The van der Waals surface area contributed by atoms with Gasteiger partial charge in [-0.2, -0.15) is 0 Å². The van der Waals surface area contributed by atoms with Crippen LogP contribution in [0.4, 0.5) is 4.79 Å². The number of ether oxygens (including phenoxy) is 1. The first-order chi connectivity index (χ1) is 8.02. The fraction of sp³-hybridized carbons (Fsp3) is 0.200. The zero-order valence-corrected chi connectivity index (χ0v) is 12.1. The van der Waals surface area contributed by atoms with Gasteiger partial charge in [-0.3, -0.25) is 10.1 Å². The summed E-state index contributed by atoms with van der Waals surface area (Å²) < 4.78 is 6.86. The van der Waals surface area contributed by atoms with Crippen molar-refractivity contribution >= 4 is 43.8 Å². The van der Waals surface area contributed by atoms with Crippen molar-refractivity contribution in [2.75, 3.05) is 13.7 Å². The Morgan fingerprint density at radius 2 is 2.06 bits per heavy atom. The predicted molar refractivity (Wildman–Crippen MR) is 69.9 cm³/mol. The number of urea groups is 1. The minimum atomic E-state index is -0.562. The molecule has 0 bridgehead atoms. The molecule has 1 aromatic carbocycles. The molecule has 0 aromatic heterocycles. The molecule has 5 nitrogen and oxygen atoms in total. The average Bonchev–Trinajstić information content (AvgIpc) is 2.27. The van der Waals surface area contributed by atoms with Crippen molar-refractivity contribution in [3.63, 3.8) is 0 Å². The second-order valence-corrected chi connectivity index (χ2v) is 4.76. The van der Waals surface area contributed by atoms with Gasteiger partial charge in [-0.25, -0.2) is 4.79 Å². The van der Waals surface area contributed by atoms with Gasteiger partial charge in [-0.1, -0.05) is 15.9 Å². The lowest BCUT2D eigenvalue weighted by Crippen LogP contribution is -2.39. The second-order valence-electron chi connectivity index (χ2n) is 2.99. The van der Waals surface area contributed by atoms with E-state index in [9.17, 15) is 9.59 Å². The number of nitrogens with one attached hydrogen (secondary N) is 2. The highest BCUT2D eigenvalue weighted by Gasteiger charge is 2.08. The molecule has 92 valence electrons. The normalized spacial score (nSPS) is 9.59. The Morgan fingerprint density at radius 1 is 1.35 bits per heavy atom. The van der Waals surface area contributed by atoms with Crippen LogP contribution in [0, 0.1) is 0 Å². The van der Waals surface area contributed by atoms with Gasteiger partial charge in [-0.05, 0) is 34.1 Å². The lowest BCUT2D eigenvalue weighted by Gasteiger charge is -2.08. The van der Waals surface area contributed by atoms with Crippen molar-refractivity contribution in [2.24, 2.45) is 0 Å². The van der Waals surface area contributed by atoms with Crippen LogP contribution in [0.25, 0.3) is 0 Å². The van der Waals surface area contributed by atoms with Crippen LogP contribution in [-0.4, -0.2) is 25.6 Å². The summed E-state index contributed by atoms with van der Waals surface area (Å²) >= 11 is 6.60. The summed E-state index contributed by atoms with van der Waals surface area (Å²) in [6.45, 7) is -0.229. The zero-order chi connectivity index (χ0) is 12.8. The van der Waals surface area contributed by atoms with E-state index in [1.165, 1.54) is 7.05 Å². The lowest BCUT2D eigenvalue weighted by atomic mass is 10.3. The summed E-state index contributed by atoms with van der Waals surface area (Å²) in [6.07, 6.45) is 0. The number of imide groups is 1. The van der Waals surface area contributed by atoms with Crippen molar-refractivity contribution in [1.82, 2.24) is 10.6 Å². The summed E-state index contributed by atoms with van der Waals surface area (Å²) in [6, 6.07) is 4.73. The molecule has 7 heteroatoms. The van der Waals surface area contributed by atoms with Gasteiger partial charge >= 0.3 is 6.03 Å². The maximum absolute atomic E-state index is 11.2. The van der Waals surface area contributed by atoms with Gasteiger partial charge < -0.3 is 10.1 Å². The monoisotopic (exact) mass is 364 g/mol. The van der Waals surface area contributed by atoms with Gasteiger partial charge in [0, 0.05) is 11.5 Å². The van der Waals surface area contributed by atoms with E-state index in [1.807, 2.05) is 0 Å². The highest BCUT2D eigenvalue weighted by Crippen LogP contribution is 2.27. The molecule has 0 saturated heterocycles. The Balaban J connectivity index is 2.50. The van der Waals surface area contributed by atoms with E-state index in [-0.39, 0.29) is 6.61 Å². The Hall–Kier alpha value is -1.08. The molecule has 0 radical (unpaired) electrons. The molecule has 0 aliphatic heterocycles. The van der Waals surface area contributed by atoms with E-state index >= 15 is 0 Å². The van der Waals surface area contributed by atoms with Crippen molar-refractivity contribution in [2.45, 2.75) is 0 Å². The van der Waals surface area contributed by atoms with Gasteiger partial charge in [0.25, 0.3) is 5.91 Å². The molecule has 0 unspecified atom stereocenters. The number of carbonyl (C=O) groups excluding carboxylic acids is 2. The van der Waals surface area contributed by atoms with E-state index in [0.29, 0.717) is 5.75 Å². The molecule has 0 aliphatic carbocycles. The van der Waals surface area contributed by atoms with Crippen LogP contribution in [0.5, 0.6) is 5.75 Å². The highest BCUT2D eigenvalue weighted by molar-refractivity contribution is 9.11. The fourth-order valence-electron chi connectivity index (χ4n) is 0.961. The van der Waals surface area contributed by atoms with Crippen molar-refractivity contribution in [1.29, 1.82) is 0 Å². The van der Waals surface area contributed by atoms with Gasteiger partial charge in [0.1, 0.15) is 5.75 Å². The third-order valence-corrected chi connectivity index (χ3v) is 2.85. The maximum Gasteiger partial charge on any atom is 0.321 e. The van der Waals surface area contributed by atoms with Gasteiger partial charge in [0.05, 0.1) is 4.47 Å². The number of amides is 3. The van der Waals surface area contributed by atoms with Crippen LogP contribution in [0.2, 0.25) is 0 Å². The summed E-state index contributed by atoms with van der Waals surface area (Å²) in [5.41, 5.74) is 0. The number of halogens is 2. The van der Waals surface area contributed by atoms with Gasteiger partial charge in [0.15, 0.2) is 6.61 Å². The SMILES string of the molecule is CNC(=O)NC(=O)COc1ccc(Br)cc1Br. The van der Waals surface area contributed by atoms with Gasteiger partial charge in [0.2, 0.25) is 0 Å². The van der Waals surface area contributed by atoms with Crippen LogP contribution >= 0.6 is 31.9 Å². The first-order valence-corrected chi connectivity index (χ1v) is 6.21. The Bertz CT molecular complexity index is 438. The standard InChI is InChI=1S/C10H10Br2N2O3/c1-13-10(16)14-9(15)5-17-8-3-2-6(11)4-7(8)12/h2-4H,5H2,1H3,(H2,13,14,15,16). The van der Waals surface area contributed by atoms with Crippen molar-refractivity contribution in [3.05, 3.63) is 27.1 Å². The summed E-state index contributed by atoms with van der Waals surface area (Å²) in [5.74, 6) is 0.0134. The number of hydrogen-bond donors (Lipinski definition) is 2. The third kappa shape index (κ3) is 4.74. The number of benzene rings is 1. The molecule has 0 saturated carbocycles. The maximum atomic E-state index is 11.2. The lowest BCUT2D eigenvalue weighted by molar-refractivity contribution is -0.122. The number of hydrogen-bond acceptors (Lipinski definition) is 3. The predicted octanol–water partition coefficient (Wildman–Crippen LogP) is 2.05. The minimum absolute atomic E-state index is 0.229. The molecule has 3 amide bonds. The molecule has 0 atom stereocenters. The van der Waals surface area contributed by atoms with Crippen LogP contribution in [0.3, 0.4) is 0 Å². The smallest absolute Gasteiger partial charge is 0.321 e. The van der Waals surface area contributed by atoms with E-state index < -0.39 is 11.9 Å². The first kappa shape index (κ1) is 14.0. The molecule has 1 rings (SSSR count). The average molecular weight is 366 g/mol. The Morgan fingerprint density at radius 3 is 2.65 bits per heavy atom. The Kier molecular flexibility index (Phi) is 5.43. The molecular formula is C10H10Br2N2O3. The van der Waals surface area contributed by atoms with Crippen molar-refractivity contribution in [3.8, 4) is 5.75 Å². The summed E-state index contributed by atoms with van der Waals surface area (Å²) in [5, 5.41) is 4.36. The van der Waals surface area contributed by atoms with Crippen molar-refractivity contribution < 1.29 is 14.3 Å². The molecule has 17 heavy (non-hydrogen) atoms. The third-order valence-electron chi connectivity index (χ3n) is 1.73. The van der Waals surface area contributed by atoms with Crippen LogP contribution in [0.1, 0.15) is 0 Å². The molecular weight excluding hydrogens is 356 g/mol. The highest BCUT2D eigenvalue weighted by atomic mass is 79.9. The number of carbonyl (C=O) groups is 2. The summed E-state index contributed by atoms with van der Waals surface area (Å²) in [4.78, 5) is 22.1. The van der Waals surface area contributed by atoms with Crippen LogP contribution < -0.4 is 15.4 Å².